The number of ether oxygens (including phenoxy) is 3. The average molecular weight is 357 g/mol. The first kappa shape index (κ1) is 18.0. The topological polar surface area (TPSA) is 27.7 Å². The Hall–Kier alpha value is -0.840. The van der Waals surface area contributed by atoms with E-state index in [1.807, 2.05) is 0 Å². The lowest BCUT2D eigenvalue weighted by Gasteiger charge is -2.37. The van der Waals surface area contributed by atoms with Crippen LogP contribution >= 0.6 is 11.6 Å². The standard InChI is InChI=1S/C19H26ClFO3/c1-12-3-6-14(7-4-12)15-9-23-17(24-10-15)11-22-16-8-5-13(2)18(20)19(16)21/h5,8,12,14-15,17H,3-4,6-7,9-11H2,1-2H3. The van der Waals surface area contributed by atoms with Crippen molar-refractivity contribution in [3.8, 4) is 5.75 Å². The minimum atomic E-state index is -0.526. The molecule has 3 nitrogen and oxygen atoms in total. The molecule has 1 aliphatic heterocycles. The summed E-state index contributed by atoms with van der Waals surface area (Å²) in [5, 5.41) is 0.101. The van der Waals surface area contributed by atoms with Gasteiger partial charge in [-0.05, 0) is 43.2 Å². The van der Waals surface area contributed by atoms with Crippen molar-refractivity contribution in [2.45, 2.75) is 45.8 Å². The Kier molecular flexibility index (Phi) is 6.01. The van der Waals surface area contributed by atoms with E-state index in [2.05, 4.69) is 6.92 Å². The van der Waals surface area contributed by atoms with Crippen LogP contribution in [-0.4, -0.2) is 26.1 Å². The van der Waals surface area contributed by atoms with Gasteiger partial charge in [-0.1, -0.05) is 37.4 Å². The molecule has 0 bridgehead atoms. The lowest BCUT2D eigenvalue weighted by molar-refractivity contribution is -0.220. The van der Waals surface area contributed by atoms with Gasteiger partial charge in [0.05, 0.1) is 18.2 Å². The monoisotopic (exact) mass is 356 g/mol. The van der Waals surface area contributed by atoms with Crippen LogP contribution in [0.4, 0.5) is 4.39 Å². The predicted molar refractivity (Wildman–Crippen MR) is 91.9 cm³/mol. The van der Waals surface area contributed by atoms with Crippen LogP contribution in [0.5, 0.6) is 5.75 Å². The minimum absolute atomic E-state index is 0.101. The van der Waals surface area contributed by atoms with Gasteiger partial charge >= 0.3 is 0 Å². The van der Waals surface area contributed by atoms with Crippen molar-refractivity contribution < 1.29 is 18.6 Å². The molecule has 0 N–H and O–H groups in total. The zero-order valence-electron chi connectivity index (χ0n) is 14.4. The maximum atomic E-state index is 14.0. The first-order valence-corrected chi connectivity index (χ1v) is 9.23. The second-order valence-corrected chi connectivity index (χ2v) is 7.57. The van der Waals surface area contributed by atoms with Crippen molar-refractivity contribution in [1.82, 2.24) is 0 Å². The number of hydrogen-bond acceptors (Lipinski definition) is 3. The van der Waals surface area contributed by atoms with Crippen LogP contribution in [0.1, 0.15) is 38.2 Å². The summed E-state index contributed by atoms with van der Waals surface area (Å²) < 4.78 is 31.1. The van der Waals surface area contributed by atoms with Gasteiger partial charge in [-0.3, -0.25) is 0 Å². The van der Waals surface area contributed by atoms with Crippen LogP contribution in [0.2, 0.25) is 5.02 Å². The molecule has 1 saturated carbocycles. The van der Waals surface area contributed by atoms with Gasteiger partial charge in [-0.25, -0.2) is 4.39 Å². The first-order valence-electron chi connectivity index (χ1n) is 8.85. The molecule has 1 aromatic rings. The molecular weight excluding hydrogens is 331 g/mol. The van der Waals surface area contributed by atoms with E-state index in [-0.39, 0.29) is 17.4 Å². The fourth-order valence-corrected chi connectivity index (χ4v) is 3.74. The van der Waals surface area contributed by atoms with Crippen LogP contribution in [0, 0.1) is 30.5 Å². The molecule has 2 fully saturated rings. The van der Waals surface area contributed by atoms with E-state index in [4.69, 9.17) is 25.8 Å². The third-order valence-electron chi connectivity index (χ3n) is 5.33. The zero-order chi connectivity index (χ0) is 17.1. The van der Waals surface area contributed by atoms with Crippen molar-refractivity contribution in [2.75, 3.05) is 19.8 Å². The Morgan fingerprint density at radius 1 is 1.12 bits per heavy atom. The Balaban J connectivity index is 1.45. The largest absolute Gasteiger partial charge is 0.485 e. The van der Waals surface area contributed by atoms with Crippen molar-refractivity contribution >= 4 is 11.6 Å². The second-order valence-electron chi connectivity index (χ2n) is 7.20. The molecule has 0 spiro atoms. The average Bonchev–Trinajstić information content (AvgIpc) is 2.60. The summed E-state index contributed by atoms with van der Waals surface area (Å²) in [5.74, 6) is 1.64. The third-order valence-corrected chi connectivity index (χ3v) is 5.80. The van der Waals surface area contributed by atoms with Crippen LogP contribution in [-0.2, 0) is 9.47 Å². The molecule has 3 rings (SSSR count). The van der Waals surface area contributed by atoms with Gasteiger partial charge in [0.25, 0.3) is 0 Å². The van der Waals surface area contributed by atoms with E-state index in [0.717, 1.165) is 5.92 Å². The molecule has 0 radical (unpaired) electrons. The molecule has 134 valence electrons. The van der Waals surface area contributed by atoms with Gasteiger partial charge in [-0.15, -0.1) is 0 Å². The van der Waals surface area contributed by atoms with Gasteiger partial charge in [-0.2, -0.15) is 0 Å². The summed E-state index contributed by atoms with van der Waals surface area (Å²) in [6, 6.07) is 3.33. The predicted octanol–water partition coefficient (Wildman–Crippen LogP) is 4.98. The number of benzene rings is 1. The Bertz CT molecular complexity index is 550. The van der Waals surface area contributed by atoms with Gasteiger partial charge < -0.3 is 14.2 Å². The summed E-state index contributed by atoms with van der Waals surface area (Å²) >= 11 is 5.90. The Morgan fingerprint density at radius 3 is 2.46 bits per heavy atom. The van der Waals surface area contributed by atoms with Crippen LogP contribution in [0.25, 0.3) is 0 Å². The van der Waals surface area contributed by atoms with E-state index >= 15 is 0 Å². The molecule has 0 amide bonds. The maximum Gasteiger partial charge on any atom is 0.191 e. The maximum absolute atomic E-state index is 14.0. The van der Waals surface area contributed by atoms with Crippen LogP contribution in [0.3, 0.4) is 0 Å². The van der Waals surface area contributed by atoms with Gasteiger partial charge in [0.2, 0.25) is 0 Å². The summed E-state index contributed by atoms with van der Waals surface area (Å²) in [4.78, 5) is 0. The lowest BCUT2D eigenvalue weighted by Crippen LogP contribution is -2.39. The fraction of sp³-hybridized carbons (Fsp3) is 0.684. The zero-order valence-corrected chi connectivity index (χ0v) is 15.2. The summed E-state index contributed by atoms with van der Waals surface area (Å²) in [5.41, 5.74) is 0.691. The number of aryl methyl sites for hydroxylation is 1. The molecule has 0 atom stereocenters. The lowest BCUT2D eigenvalue weighted by atomic mass is 9.76. The fourth-order valence-electron chi connectivity index (χ4n) is 3.58. The normalized spacial score (nSPS) is 31.0. The highest BCUT2D eigenvalue weighted by molar-refractivity contribution is 6.31. The highest BCUT2D eigenvalue weighted by Gasteiger charge is 2.31. The number of halogens is 2. The van der Waals surface area contributed by atoms with E-state index in [1.165, 1.54) is 25.7 Å². The SMILES string of the molecule is Cc1ccc(OCC2OCC(C3CCC(C)CC3)CO2)c(F)c1Cl. The van der Waals surface area contributed by atoms with Crippen LogP contribution in [0.15, 0.2) is 12.1 Å². The molecule has 1 heterocycles. The minimum Gasteiger partial charge on any atom is -0.485 e. The van der Waals surface area contributed by atoms with Crippen molar-refractivity contribution in [3.63, 3.8) is 0 Å². The van der Waals surface area contributed by atoms with Gasteiger partial charge in [0, 0.05) is 5.92 Å². The highest BCUT2D eigenvalue weighted by Crippen LogP contribution is 2.35. The van der Waals surface area contributed by atoms with Crippen molar-refractivity contribution in [2.24, 2.45) is 17.8 Å². The van der Waals surface area contributed by atoms with Gasteiger partial charge in [0.15, 0.2) is 17.9 Å². The Morgan fingerprint density at radius 2 is 1.79 bits per heavy atom. The van der Waals surface area contributed by atoms with E-state index in [0.29, 0.717) is 30.6 Å². The Labute approximate surface area is 148 Å². The van der Waals surface area contributed by atoms with Crippen molar-refractivity contribution in [1.29, 1.82) is 0 Å². The van der Waals surface area contributed by atoms with Crippen LogP contribution < -0.4 is 4.74 Å². The molecule has 0 aromatic heterocycles. The summed E-state index contributed by atoms with van der Waals surface area (Å²) in [7, 11) is 0. The quantitative estimate of drug-likeness (QED) is 0.761. The smallest absolute Gasteiger partial charge is 0.191 e. The summed E-state index contributed by atoms with van der Waals surface area (Å²) in [6.45, 7) is 5.65. The molecule has 5 heteroatoms. The molecule has 0 unspecified atom stereocenters. The molecule has 1 aliphatic carbocycles. The molecule has 24 heavy (non-hydrogen) atoms. The number of hydrogen-bond donors (Lipinski definition) is 0. The second kappa shape index (κ2) is 8.03. The molecule has 1 saturated heterocycles. The van der Waals surface area contributed by atoms with E-state index < -0.39 is 12.1 Å². The molecule has 1 aromatic carbocycles. The highest BCUT2D eigenvalue weighted by atomic mass is 35.5. The van der Waals surface area contributed by atoms with Crippen molar-refractivity contribution in [3.05, 3.63) is 28.5 Å². The molecule has 2 aliphatic rings. The van der Waals surface area contributed by atoms with E-state index in [1.54, 1.807) is 19.1 Å². The van der Waals surface area contributed by atoms with Gasteiger partial charge in [0.1, 0.15) is 6.61 Å². The summed E-state index contributed by atoms with van der Waals surface area (Å²) in [6.07, 6.45) is 4.71. The van der Waals surface area contributed by atoms with E-state index in [9.17, 15) is 4.39 Å². The molecular formula is C19H26ClFO3. The number of rotatable bonds is 4. The first-order chi connectivity index (χ1) is 11.5. The third kappa shape index (κ3) is 4.22.